The van der Waals surface area contributed by atoms with Crippen molar-refractivity contribution < 1.29 is 13.2 Å². The molecule has 0 fully saturated rings. The molecule has 0 aliphatic heterocycles. The fraction of sp³-hybridized carbons (Fsp3) is 0.333. The van der Waals surface area contributed by atoms with Crippen molar-refractivity contribution in [1.29, 1.82) is 0 Å². The molecule has 0 saturated carbocycles. The highest BCUT2D eigenvalue weighted by Gasteiger charge is 2.09. The van der Waals surface area contributed by atoms with E-state index in [1.54, 1.807) is 0 Å². The highest BCUT2D eigenvalue weighted by Crippen LogP contribution is 2.07. The van der Waals surface area contributed by atoms with Gasteiger partial charge >= 0.3 is 0 Å². The van der Waals surface area contributed by atoms with Gasteiger partial charge in [-0.1, -0.05) is 0 Å². The van der Waals surface area contributed by atoms with Gasteiger partial charge in [-0.2, -0.15) is 0 Å². The number of sulfone groups is 1. The summed E-state index contributed by atoms with van der Waals surface area (Å²) in [5.74, 6) is -0.493. The third-order valence-corrected chi connectivity index (χ3v) is 2.80. The number of anilines is 1. The zero-order valence-electron chi connectivity index (χ0n) is 8.80. The molecule has 1 aromatic rings. The van der Waals surface area contributed by atoms with Crippen molar-refractivity contribution in [2.24, 2.45) is 0 Å². The summed E-state index contributed by atoms with van der Waals surface area (Å²) in [7, 11) is -3.07. The van der Waals surface area contributed by atoms with Gasteiger partial charge in [0.1, 0.15) is 9.84 Å². The molecule has 0 saturated heterocycles. The number of nitrogens with one attached hydrogen (secondary N) is 1. The topological polar surface area (TPSA) is 102 Å². The van der Waals surface area contributed by atoms with Crippen LogP contribution in [0.3, 0.4) is 0 Å². The summed E-state index contributed by atoms with van der Waals surface area (Å²) in [6.07, 6.45) is 3.92. The Morgan fingerprint density at radius 1 is 1.56 bits per heavy atom. The summed E-state index contributed by atoms with van der Waals surface area (Å²) in [4.78, 5) is 15.3. The maximum atomic E-state index is 11.5. The zero-order valence-corrected chi connectivity index (χ0v) is 9.62. The van der Waals surface area contributed by atoms with Crippen molar-refractivity contribution in [2.45, 2.75) is 0 Å². The van der Waals surface area contributed by atoms with Crippen LogP contribution in [0.2, 0.25) is 0 Å². The van der Waals surface area contributed by atoms with Gasteiger partial charge in [0.2, 0.25) is 0 Å². The van der Waals surface area contributed by atoms with Gasteiger partial charge in [0.25, 0.3) is 5.91 Å². The van der Waals surface area contributed by atoms with E-state index >= 15 is 0 Å². The largest absolute Gasteiger partial charge is 0.397 e. The number of pyridine rings is 1. The smallest absolute Gasteiger partial charge is 0.253 e. The van der Waals surface area contributed by atoms with Crippen molar-refractivity contribution in [3.05, 3.63) is 24.0 Å². The van der Waals surface area contributed by atoms with Crippen molar-refractivity contribution in [3.8, 4) is 0 Å². The van der Waals surface area contributed by atoms with Crippen LogP contribution in [-0.4, -0.2) is 37.9 Å². The standard InChI is InChI=1S/C9H13N3O3S/c1-16(14,15)5-4-12-9(13)7-2-3-11-6-8(7)10/h2-3,6H,4-5,10H2,1H3,(H,12,13). The van der Waals surface area contributed by atoms with Crippen molar-refractivity contribution in [1.82, 2.24) is 10.3 Å². The van der Waals surface area contributed by atoms with Crippen molar-refractivity contribution >= 4 is 21.4 Å². The first-order chi connectivity index (χ1) is 7.40. The molecule has 3 N–H and O–H groups in total. The Bertz CT molecular complexity index is 485. The molecule has 0 unspecified atom stereocenters. The van der Waals surface area contributed by atoms with E-state index in [9.17, 15) is 13.2 Å². The van der Waals surface area contributed by atoms with Crippen LogP contribution < -0.4 is 11.1 Å². The summed E-state index contributed by atoms with van der Waals surface area (Å²) < 4.78 is 21.7. The quantitative estimate of drug-likeness (QED) is 0.738. The number of nitrogens with two attached hydrogens (primary N) is 1. The van der Waals surface area contributed by atoms with Crippen LogP contribution in [0.15, 0.2) is 18.5 Å². The number of aromatic nitrogens is 1. The van der Waals surface area contributed by atoms with E-state index in [0.29, 0.717) is 5.56 Å². The molecule has 0 aliphatic carbocycles. The summed E-state index contributed by atoms with van der Waals surface area (Å²) in [5.41, 5.74) is 6.10. The number of amides is 1. The van der Waals surface area contributed by atoms with E-state index in [2.05, 4.69) is 10.3 Å². The summed E-state index contributed by atoms with van der Waals surface area (Å²) in [5, 5.41) is 2.47. The number of hydrogen-bond acceptors (Lipinski definition) is 5. The van der Waals surface area contributed by atoms with E-state index in [0.717, 1.165) is 6.26 Å². The number of carbonyl (C=O) groups is 1. The first-order valence-electron chi connectivity index (χ1n) is 4.55. The van der Waals surface area contributed by atoms with E-state index in [-0.39, 0.29) is 18.0 Å². The monoisotopic (exact) mass is 243 g/mol. The fourth-order valence-corrected chi connectivity index (χ4v) is 1.53. The van der Waals surface area contributed by atoms with Crippen LogP contribution in [-0.2, 0) is 9.84 Å². The summed E-state index contributed by atoms with van der Waals surface area (Å²) in [6.45, 7) is 0.0689. The molecule has 7 heteroatoms. The molecular formula is C9H13N3O3S. The average Bonchev–Trinajstić information content (AvgIpc) is 2.16. The Morgan fingerprint density at radius 3 is 2.81 bits per heavy atom. The predicted molar refractivity (Wildman–Crippen MR) is 60.7 cm³/mol. The maximum Gasteiger partial charge on any atom is 0.253 e. The van der Waals surface area contributed by atoms with Crippen molar-refractivity contribution in [3.63, 3.8) is 0 Å². The molecule has 88 valence electrons. The summed E-state index contributed by atoms with van der Waals surface area (Å²) >= 11 is 0. The molecule has 1 aromatic heterocycles. The maximum absolute atomic E-state index is 11.5. The molecule has 1 rings (SSSR count). The fourth-order valence-electron chi connectivity index (χ4n) is 1.06. The number of carbonyl (C=O) groups excluding carboxylic acids is 1. The molecule has 6 nitrogen and oxygen atoms in total. The van der Waals surface area contributed by atoms with Gasteiger partial charge in [-0.15, -0.1) is 0 Å². The number of nitrogen functional groups attached to an aromatic ring is 1. The summed E-state index contributed by atoms with van der Waals surface area (Å²) in [6, 6.07) is 1.48. The molecule has 0 atom stereocenters. The third kappa shape index (κ3) is 3.85. The highest BCUT2D eigenvalue weighted by atomic mass is 32.2. The number of hydrogen-bond donors (Lipinski definition) is 2. The molecule has 0 aromatic carbocycles. The molecule has 0 aliphatic rings. The number of rotatable bonds is 4. The van der Waals surface area contributed by atoms with Gasteiger partial charge in [-0.3, -0.25) is 9.78 Å². The Balaban J connectivity index is 2.57. The highest BCUT2D eigenvalue weighted by molar-refractivity contribution is 7.90. The van der Waals surface area contributed by atoms with Crippen LogP contribution in [0.1, 0.15) is 10.4 Å². The second-order valence-corrected chi connectivity index (χ2v) is 5.61. The molecule has 1 amide bonds. The molecule has 0 bridgehead atoms. The molecular weight excluding hydrogens is 230 g/mol. The second kappa shape index (κ2) is 4.93. The average molecular weight is 243 g/mol. The molecule has 0 radical (unpaired) electrons. The van der Waals surface area contributed by atoms with Crippen LogP contribution in [0.25, 0.3) is 0 Å². The predicted octanol–water partition coefficient (Wildman–Crippen LogP) is -0.562. The molecule has 16 heavy (non-hydrogen) atoms. The van der Waals surface area contributed by atoms with E-state index < -0.39 is 15.7 Å². The minimum atomic E-state index is -3.07. The van der Waals surface area contributed by atoms with Crippen LogP contribution in [0, 0.1) is 0 Å². The first kappa shape index (κ1) is 12.4. The van der Waals surface area contributed by atoms with Gasteiger partial charge in [0.05, 0.1) is 23.2 Å². The lowest BCUT2D eigenvalue weighted by Gasteiger charge is -2.05. The lowest BCUT2D eigenvalue weighted by Crippen LogP contribution is -2.29. The van der Waals surface area contributed by atoms with Crippen molar-refractivity contribution in [2.75, 3.05) is 24.3 Å². The van der Waals surface area contributed by atoms with Gasteiger partial charge in [0.15, 0.2) is 0 Å². The molecule has 0 spiro atoms. The van der Waals surface area contributed by atoms with Crippen LogP contribution in [0.5, 0.6) is 0 Å². The van der Waals surface area contributed by atoms with Crippen LogP contribution >= 0.6 is 0 Å². The first-order valence-corrected chi connectivity index (χ1v) is 6.61. The number of nitrogens with zero attached hydrogens (tertiary/aromatic N) is 1. The Morgan fingerprint density at radius 2 is 2.25 bits per heavy atom. The van der Waals surface area contributed by atoms with Gasteiger partial charge < -0.3 is 11.1 Å². The Kier molecular flexibility index (Phi) is 3.83. The zero-order chi connectivity index (χ0) is 12.2. The SMILES string of the molecule is CS(=O)(=O)CCNC(=O)c1ccncc1N. The third-order valence-electron chi connectivity index (χ3n) is 1.85. The minimum Gasteiger partial charge on any atom is -0.397 e. The lowest BCUT2D eigenvalue weighted by molar-refractivity contribution is 0.0957. The van der Waals surface area contributed by atoms with E-state index in [1.807, 2.05) is 0 Å². The lowest BCUT2D eigenvalue weighted by atomic mass is 10.2. The van der Waals surface area contributed by atoms with E-state index in [1.165, 1.54) is 18.5 Å². The second-order valence-electron chi connectivity index (χ2n) is 3.35. The van der Waals surface area contributed by atoms with E-state index in [4.69, 9.17) is 5.73 Å². The Labute approximate surface area is 93.8 Å². The van der Waals surface area contributed by atoms with Gasteiger partial charge in [-0.05, 0) is 6.07 Å². The minimum absolute atomic E-state index is 0.0689. The normalized spacial score (nSPS) is 11.1. The Hall–Kier alpha value is -1.63. The van der Waals surface area contributed by atoms with Gasteiger partial charge in [-0.25, -0.2) is 8.42 Å². The molecule has 1 heterocycles. The van der Waals surface area contributed by atoms with Gasteiger partial charge in [0, 0.05) is 19.0 Å². The van der Waals surface area contributed by atoms with Crippen LogP contribution in [0.4, 0.5) is 5.69 Å².